The summed E-state index contributed by atoms with van der Waals surface area (Å²) in [6.45, 7) is 6.99. The van der Waals surface area contributed by atoms with Crippen LogP contribution < -0.4 is 10.6 Å². The Labute approximate surface area is 167 Å². The monoisotopic (exact) mass is 457 g/mol. The van der Waals surface area contributed by atoms with Crippen molar-refractivity contribution in [2.45, 2.75) is 33.5 Å². The van der Waals surface area contributed by atoms with Crippen molar-refractivity contribution >= 4 is 29.9 Å². The molecule has 1 heterocycles. The third-order valence-corrected chi connectivity index (χ3v) is 4.00. The number of hydrogen-bond donors (Lipinski definition) is 2. The molecule has 0 amide bonds. The summed E-state index contributed by atoms with van der Waals surface area (Å²) in [4.78, 5) is 4.28. The molecule has 0 bridgehead atoms. The van der Waals surface area contributed by atoms with E-state index in [1.54, 1.807) is 14.2 Å². The van der Waals surface area contributed by atoms with E-state index < -0.39 is 0 Å². The number of aromatic nitrogens is 2. The maximum absolute atomic E-state index is 5.13. The minimum Gasteiger partial charge on any atom is -0.383 e. The molecule has 1 aromatic carbocycles. The van der Waals surface area contributed by atoms with Crippen LogP contribution in [0.1, 0.15) is 22.5 Å². The van der Waals surface area contributed by atoms with E-state index in [4.69, 9.17) is 4.74 Å². The molecule has 0 fully saturated rings. The highest BCUT2D eigenvalue weighted by Gasteiger charge is 2.11. The van der Waals surface area contributed by atoms with Gasteiger partial charge in [-0.2, -0.15) is 5.10 Å². The molecule has 2 N–H and O–H groups in total. The summed E-state index contributed by atoms with van der Waals surface area (Å²) in [7, 11) is 3.48. The number of benzene rings is 1. The molecule has 0 aliphatic carbocycles. The van der Waals surface area contributed by atoms with Gasteiger partial charge >= 0.3 is 0 Å². The van der Waals surface area contributed by atoms with E-state index in [1.807, 2.05) is 29.8 Å². The lowest BCUT2D eigenvalue weighted by atomic mass is 10.2. The van der Waals surface area contributed by atoms with Crippen LogP contribution in [0.2, 0.25) is 0 Å². The number of aliphatic imine (C=N–C) groups is 1. The molecule has 0 radical (unpaired) electrons. The van der Waals surface area contributed by atoms with Gasteiger partial charge in [-0.05, 0) is 19.4 Å². The highest BCUT2D eigenvalue weighted by atomic mass is 127. The number of guanidine groups is 1. The van der Waals surface area contributed by atoms with E-state index in [-0.39, 0.29) is 24.0 Å². The summed E-state index contributed by atoms with van der Waals surface area (Å²) in [5, 5.41) is 11.3. The average molecular weight is 457 g/mol. The Morgan fingerprint density at radius 3 is 2.48 bits per heavy atom. The molecule has 0 spiro atoms. The fourth-order valence-electron chi connectivity index (χ4n) is 2.56. The zero-order valence-electron chi connectivity index (χ0n) is 15.4. The van der Waals surface area contributed by atoms with E-state index in [2.05, 4.69) is 39.8 Å². The summed E-state index contributed by atoms with van der Waals surface area (Å²) in [5.74, 6) is 0.780. The number of rotatable bonds is 7. The predicted octanol–water partition coefficient (Wildman–Crippen LogP) is 2.63. The van der Waals surface area contributed by atoms with Gasteiger partial charge < -0.3 is 15.4 Å². The van der Waals surface area contributed by atoms with E-state index >= 15 is 0 Å². The number of nitrogens with zero attached hydrogens (tertiary/aromatic N) is 3. The van der Waals surface area contributed by atoms with Crippen molar-refractivity contribution in [2.75, 3.05) is 20.8 Å². The number of aryl methyl sites for hydroxylation is 1. The van der Waals surface area contributed by atoms with Crippen molar-refractivity contribution < 1.29 is 4.74 Å². The van der Waals surface area contributed by atoms with Crippen LogP contribution in [0.3, 0.4) is 0 Å². The number of hydrogen-bond acceptors (Lipinski definition) is 3. The lowest BCUT2D eigenvalue weighted by Crippen LogP contribution is -2.36. The molecule has 0 saturated heterocycles. The molecule has 7 heteroatoms. The van der Waals surface area contributed by atoms with Gasteiger partial charge in [0.15, 0.2) is 5.96 Å². The van der Waals surface area contributed by atoms with Crippen molar-refractivity contribution in [3.8, 4) is 0 Å². The minimum absolute atomic E-state index is 0. The summed E-state index contributed by atoms with van der Waals surface area (Å²) < 4.78 is 7.13. The molecule has 0 atom stereocenters. The van der Waals surface area contributed by atoms with Crippen molar-refractivity contribution in [2.24, 2.45) is 4.99 Å². The standard InChI is InChI=1S/C18H27N5O.HI/c1-14-17(15(2)23(22-14)10-11-24-4)13-21-18(19-3)20-12-16-8-6-5-7-9-16;/h5-9H,10-13H2,1-4H3,(H2,19,20,21);1H. The zero-order chi connectivity index (χ0) is 17.4. The zero-order valence-corrected chi connectivity index (χ0v) is 17.7. The summed E-state index contributed by atoms with van der Waals surface area (Å²) in [5.41, 5.74) is 4.62. The topological polar surface area (TPSA) is 63.5 Å². The van der Waals surface area contributed by atoms with Gasteiger partial charge in [0.1, 0.15) is 0 Å². The van der Waals surface area contributed by atoms with E-state index in [0.29, 0.717) is 13.2 Å². The molecule has 138 valence electrons. The SMILES string of the molecule is CN=C(NCc1ccccc1)NCc1c(C)nn(CCOC)c1C.I. The largest absolute Gasteiger partial charge is 0.383 e. The first-order chi connectivity index (χ1) is 11.7. The maximum atomic E-state index is 5.13. The molecular weight excluding hydrogens is 429 g/mol. The van der Waals surface area contributed by atoms with Gasteiger partial charge in [-0.1, -0.05) is 30.3 Å². The lowest BCUT2D eigenvalue weighted by molar-refractivity contribution is 0.182. The number of methoxy groups -OCH3 is 1. The third-order valence-electron chi connectivity index (χ3n) is 4.00. The van der Waals surface area contributed by atoms with Crippen LogP contribution in [-0.2, 0) is 24.4 Å². The molecule has 2 rings (SSSR count). The summed E-state index contributed by atoms with van der Waals surface area (Å²) in [6.07, 6.45) is 0. The molecule has 1 aromatic heterocycles. The number of ether oxygens (including phenoxy) is 1. The van der Waals surface area contributed by atoms with Crippen LogP contribution in [0.5, 0.6) is 0 Å². The highest BCUT2D eigenvalue weighted by molar-refractivity contribution is 14.0. The Bertz CT molecular complexity index is 670. The fraction of sp³-hybridized carbons (Fsp3) is 0.444. The van der Waals surface area contributed by atoms with Gasteiger partial charge in [0, 0.05) is 38.5 Å². The molecule has 0 aliphatic rings. The second-order valence-corrected chi connectivity index (χ2v) is 5.63. The minimum atomic E-state index is 0. The summed E-state index contributed by atoms with van der Waals surface area (Å²) in [6, 6.07) is 10.3. The summed E-state index contributed by atoms with van der Waals surface area (Å²) >= 11 is 0. The second-order valence-electron chi connectivity index (χ2n) is 5.63. The fourth-order valence-corrected chi connectivity index (χ4v) is 2.56. The quantitative estimate of drug-likeness (QED) is 0.381. The Kier molecular flexibility index (Phi) is 9.51. The molecular formula is C18H28IN5O. The average Bonchev–Trinajstić information content (AvgIpc) is 2.88. The van der Waals surface area contributed by atoms with E-state index in [1.165, 1.54) is 11.1 Å². The normalized spacial score (nSPS) is 11.1. The Balaban J connectivity index is 0.00000312. The van der Waals surface area contributed by atoms with Crippen LogP contribution in [0.25, 0.3) is 0 Å². The Hall–Kier alpha value is -1.61. The number of halogens is 1. The number of nitrogens with one attached hydrogen (secondary N) is 2. The Morgan fingerprint density at radius 2 is 1.84 bits per heavy atom. The van der Waals surface area contributed by atoms with E-state index in [9.17, 15) is 0 Å². The first kappa shape index (κ1) is 21.4. The van der Waals surface area contributed by atoms with Crippen LogP contribution in [0.15, 0.2) is 35.3 Å². The van der Waals surface area contributed by atoms with Crippen LogP contribution in [0.4, 0.5) is 0 Å². The van der Waals surface area contributed by atoms with Gasteiger partial charge in [0.2, 0.25) is 0 Å². The first-order valence-electron chi connectivity index (χ1n) is 8.16. The van der Waals surface area contributed by atoms with Crippen molar-refractivity contribution in [1.29, 1.82) is 0 Å². The smallest absolute Gasteiger partial charge is 0.191 e. The molecule has 25 heavy (non-hydrogen) atoms. The second kappa shape index (κ2) is 11.1. The van der Waals surface area contributed by atoms with Crippen LogP contribution in [-0.4, -0.2) is 36.5 Å². The van der Waals surface area contributed by atoms with Gasteiger partial charge in [-0.15, -0.1) is 24.0 Å². The maximum Gasteiger partial charge on any atom is 0.191 e. The third kappa shape index (κ3) is 6.32. The Morgan fingerprint density at radius 1 is 1.16 bits per heavy atom. The highest BCUT2D eigenvalue weighted by Crippen LogP contribution is 2.12. The predicted molar refractivity (Wildman–Crippen MR) is 112 cm³/mol. The van der Waals surface area contributed by atoms with Crippen molar-refractivity contribution in [3.05, 3.63) is 52.8 Å². The van der Waals surface area contributed by atoms with Crippen LogP contribution >= 0.6 is 24.0 Å². The van der Waals surface area contributed by atoms with Gasteiger partial charge in [0.05, 0.1) is 18.8 Å². The molecule has 0 unspecified atom stereocenters. The van der Waals surface area contributed by atoms with Gasteiger partial charge in [0.25, 0.3) is 0 Å². The molecule has 0 saturated carbocycles. The van der Waals surface area contributed by atoms with Crippen molar-refractivity contribution in [1.82, 2.24) is 20.4 Å². The van der Waals surface area contributed by atoms with E-state index in [0.717, 1.165) is 30.4 Å². The molecule has 2 aromatic rings. The van der Waals surface area contributed by atoms with Crippen molar-refractivity contribution in [3.63, 3.8) is 0 Å². The molecule has 6 nitrogen and oxygen atoms in total. The van der Waals surface area contributed by atoms with Gasteiger partial charge in [-0.25, -0.2) is 0 Å². The molecule has 0 aliphatic heterocycles. The lowest BCUT2D eigenvalue weighted by Gasteiger charge is -2.12. The van der Waals surface area contributed by atoms with Gasteiger partial charge in [-0.3, -0.25) is 9.67 Å². The first-order valence-corrected chi connectivity index (χ1v) is 8.16. The van der Waals surface area contributed by atoms with Crippen LogP contribution in [0, 0.1) is 13.8 Å².